The van der Waals surface area contributed by atoms with Crippen LogP contribution >= 0.6 is 11.9 Å². The van der Waals surface area contributed by atoms with Gasteiger partial charge in [0.15, 0.2) is 0 Å². The number of benzene rings is 1. The number of anilines is 1. The zero-order valence-corrected chi connectivity index (χ0v) is 20.9. The fraction of sp³-hybridized carbons (Fsp3) is 0.435. The predicted octanol–water partition coefficient (Wildman–Crippen LogP) is 3.01. The van der Waals surface area contributed by atoms with Gasteiger partial charge in [-0.15, -0.1) is 0 Å². The minimum absolute atomic E-state index is 0.109. The van der Waals surface area contributed by atoms with Crippen molar-refractivity contribution in [3.05, 3.63) is 54.0 Å². The molecular formula is C23H31N5O3S2. The molecule has 3 aromatic rings. The Balaban J connectivity index is 1.64. The van der Waals surface area contributed by atoms with E-state index in [4.69, 9.17) is 9.88 Å². The summed E-state index contributed by atoms with van der Waals surface area (Å²) in [5, 5.41) is 5.54. The van der Waals surface area contributed by atoms with Crippen LogP contribution in [0.2, 0.25) is 0 Å². The summed E-state index contributed by atoms with van der Waals surface area (Å²) in [5.41, 5.74) is 2.62. The Bertz CT molecular complexity index is 1200. The van der Waals surface area contributed by atoms with E-state index in [1.807, 2.05) is 40.6 Å². The number of imidazole rings is 1. The molecule has 1 saturated heterocycles. The number of nitrogens with zero attached hydrogens (tertiary/aromatic N) is 4. The summed E-state index contributed by atoms with van der Waals surface area (Å²) < 4.78 is 34.2. The van der Waals surface area contributed by atoms with Gasteiger partial charge >= 0.3 is 0 Å². The summed E-state index contributed by atoms with van der Waals surface area (Å²) in [4.78, 5) is 6.96. The number of piperazine rings is 1. The Morgan fingerprint density at radius 3 is 2.42 bits per heavy atom. The van der Waals surface area contributed by atoms with Crippen molar-refractivity contribution in [2.75, 3.05) is 43.9 Å². The number of aromatic nitrogens is 2. The minimum atomic E-state index is -3.86. The van der Waals surface area contributed by atoms with Gasteiger partial charge in [0.25, 0.3) is 0 Å². The highest BCUT2D eigenvalue weighted by Gasteiger charge is 2.23. The molecule has 0 amide bonds. The van der Waals surface area contributed by atoms with Gasteiger partial charge in [-0.3, -0.25) is 4.40 Å². The highest BCUT2D eigenvalue weighted by Crippen LogP contribution is 2.28. The number of rotatable bonds is 8. The number of pyridine rings is 1. The van der Waals surface area contributed by atoms with Crippen LogP contribution in [-0.2, 0) is 16.4 Å². The van der Waals surface area contributed by atoms with Gasteiger partial charge in [0.05, 0.1) is 23.2 Å². The van der Waals surface area contributed by atoms with Crippen molar-refractivity contribution in [3.8, 4) is 5.75 Å². The Morgan fingerprint density at radius 2 is 1.82 bits per heavy atom. The molecule has 1 aromatic carbocycles. The van der Waals surface area contributed by atoms with E-state index in [-0.39, 0.29) is 4.90 Å². The second kappa shape index (κ2) is 9.92. The Kier molecular flexibility index (Phi) is 7.18. The molecule has 0 spiro atoms. The molecule has 1 aliphatic rings. The molecule has 0 atom stereocenters. The molecule has 1 aliphatic heterocycles. The van der Waals surface area contributed by atoms with Gasteiger partial charge in [-0.1, -0.05) is 37.9 Å². The van der Waals surface area contributed by atoms with E-state index in [9.17, 15) is 8.42 Å². The predicted molar refractivity (Wildman–Crippen MR) is 133 cm³/mol. The number of hydrogen-bond donors (Lipinski definition) is 1. The minimum Gasteiger partial charge on any atom is -0.497 e. The van der Waals surface area contributed by atoms with Gasteiger partial charge in [0.2, 0.25) is 10.0 Å². The van der Waals surface area contributed by atoms with Crippen molar-refractivity contribution < 1.29 is 13.2 Å². The highest BCUT2D eigenvalue weighted by molar-refractivity contribution is 7.97. The van der Waals surface area contributed by atoms with E-state index < -0.39 is 10.0 Å². The first-order chi connectivity index (χ1) is 15.7. The Morgan fingerprint density at radius 1 is 1.12 bits per heavy atom. The van der Waals surface area contributed by atoms with E-state index >= 15 is 0 Å². The molecule has 2 N–H and O–H groups in total. The van der Waals surface area contributed by atoms with Crippen molar-refractivity contribution in [2.24, 2.45) is 11.1 Å². The number of sulfonamides is 1. The second-order valence-corrected chi connectivity index (χ2v) is 11.3. The number of ether oxygens (including phenoxy) is 1. The van der Waals surface area contributed by atoms with Crippen LogP contribution in [0.4, 0.5) is 5.82 Å². The molecule has 0 unspecified atom stereocenters. The summed E-state index contributed by atoms with van der Waals surface area (Å²) in [6.45, 7) is 7.88. The van der Waals surface area contributed by atoms with Crippen molar-refractivity contribution in [1.82, 2.24) is 13.7 Å². The quantitative estimate of drug-likeness (QED) is 0.486. The van der Waals surface area contributed by atoms with Crippen molar-refractivity contribution in [3.63, 3.8) is 0 Å². The number of primary sulfonamides is 1. The fourth-order valence-corrected chi connectivity index (χ4v) is 5.36. The fourth-order valence-electron chi connectivity index (χ4n) is 3.89. The van der Waals surface area contributed by atoms with Crippen LogP contribution in [0.25, 0.3) is 5.52 Å². The average molecular weight is 490 g/mol. The van der Waals surface area contributed by atoms with Gasteiger partial charge in [-0.05, 0) is 35.7 Å². The standard InChI is InChI=1S/C23H31N5O3S2/c1-17(2)15-32-27-10-8-26(9-11-27)23-14-20(33(24,29)30)13-22-21(25-16-28(22)23)12-18-4-6-19(31-3)7-5-18/h4-7,13-14,16-17H,8-12,15H2,1-3H3,(H2,24,29,30). The largest absolute Gasteiger partial charge is 0.497 e. The third-order valence-electron chi connectivity index (χ3n) is 5.69. The van der Waals surface area contributed by atoms with Crippen LogP contribution in [-0.4, -0.2) is 61.1 Å². The maximum atomic E-state index is 12.3. The lowest BCUT2D eigenvalue weighted by Gasteiger charge is -2.35. The van der Waals surface area contributed by atoms with Crippen LogP contribution in [0.3, 0.4) is 0 Å². The normalized spacial score (nSPS) is 15.5. The number of hydrogen-bond acceptors (Lipinski definition) is 7. The van der Waals surface area contributed by atoms with Crippen molar-refractivity contribution in [2.45, 2.75) is 25.2 Å². The van der Waals surface area contributed by atoms with Gasteiger partial charge in [-0.2, -0.15) is 0 Å². The highest BCUT2D eigenvalue weighted by atomic mass is 32.2. The lowest BCUT2D eigenvalue weighted by atomic mass is 10.1. The lowest BCUT2D eigenvalue weighted by Crippen LogP contribution is -2.44. The first-order valence-corrected chi connectivity index (χ1v) is 13.5. The number of fused-ring (bicyclic) bond motifs is 1. The number of nitrogens with two attached hydrogens (primary N) is 1. The maximum absolute atomic E-state index is 12.3. The van der Waals surface area contributed by atoms with Gasteiger partial charge in [0.1, 0.15) is 17.9 Å². The smallest absolute Gasteiger partial charge is 0.238 e. The first kappa shape index (κ1) is 23.9. The average Bonchev–Trinajstić information content (AvgIpc) is 3.20. The van der Waals surface area contributed by atoms with E-state index in [2.05, 4.69) is 28.0 Å². The summed E-state index contributed by atoms with van der Waals surface area (Å²) in [6, 6.07) is 11.1. The van der Waals surface area contributed by atoms with Crippen LogP contribution in [0.15, 0.2) is 47.6 Å². The van der Waals surface area contributed by atoms with E-state index in [1.165, 1.54) is 0 Å². The topological polar surface area (TPSA) is 93.2 Å². The Hall–Kier alpha value is -2.27. The molecule has 2 aromatic heterocycles. The van der Waals surface area contributed by atoms with Gasteiger partial charge in [0, 0.05) is 38.4 Å². The summed E-state index contributed by atoms with van der Waals surface area (Å²) in [7, 11) is -2.22. The summed E-state index contributed by atoms with van der Waals surface area (Å²) >= 11 is 1.88. The SMILES string of the molecule is COc1ccc(Cc2ncn3c(N4CCN(SCC(C)C)CC4)cc(S(N)(=O)=O)cc23)cc1. The zero-order chi connectivity index (χ0) is 23.6. The Labute approximate surface area is 199 Å². The molecule has 178 valence electrons. The molecule has 0 bridgehead atoms. The monoisotopic (exact) mass is 489 g/mol. The summed E-state index contributed by atoms with van der Waals surface area (Å²) in [5.74, 6) is 3.34. The molecule has 0 radical (unpaired) electrons. The molecule has 8 nitrogen and oxygen atoms in total. The molecule has 33 heavy (non-hydrogen) atoms. The molecule has 1 fully saturated rings. The third-order valence-corrected chi connectivity index (χ3v) is 8.13. The molecule has 10 heteroatoms. The second-order valence-electron chi connectivity index (χ2n) is 8.67. The number of methoxy groups -OCH3 is 1. The van der Waals surface area contributed by atoms with Crippen LogP contribution < -0.4 is 14.8 Å². The molecule has 3 heterocycles. The molecule has 4 rings (SSSR count). The summed E-state index contributed by atoms with van der Waals surface area (Å²) in [6.07, 6.45) is 2.35. The molecule has 0 aliphatic carbocycles. The molecule has 0 saturated carbocycles. The van der Waals surface area contributed by atoms with Crippen LogP contribution in [0, 0.1) is 5.92 Å². The maximum Gasteiger partial charge on any atom is 0.238 e. The van der Waals surface area contributed by atoms with Gasteiger partial charge < -0.3 is 9.64 Å². The van der Waals surface area contributed by atoms with Crippen LogP contribution in [0.5, 0.6) is 5.75 Å². The van der Waals surface area contributed by atoms with E-state index in [1.54, 1.807) is 25.6 Å². The van der Waals surface area contributed by atoms with Crippen molar-refractivity contribution in [1.29, 1.82) is 0 Å². The van der Waals surface area contributed by atoms with E-state index in [0.29, 0.717) is 12.3 Å². The first-order valence-electron chi connectivity index (χ1n) is 11.0. The third kappa shape index (κ3) is 5.63. The lowest BCUT2D eigenvalue weighted by molar-refractivity contribution is 0.414. The molecular weight excluding hydrogens is 458 g/mol. The zero-order valence-electron chi connectivity index (χ0n) is 19.3. The van der Waals surface area contributed by atoms with E-state index in [0.717, 1.165) is 60.3 Å². The van der Waals surface area contributed by atoms with Gasteiger partial charge in [-0.25, -0.2) is 22.8 Å². The van der Waals surface area contributed by atoms with Crippen LogP contribution in [0.1, 0.15) is 25.1 Å². The van der Waals surface area contributed by atoms with Crippen molar-refractivity contribution >= 4 is 33.3 Å².